The molecule has 0 spiro atoms. The highest BCUT2D eigenvalue weighted by Crippen LogP contribution is 2.29. The number of Topliss-reactive ketones (excluding diaryl/α,β-unsaturated/α-hetero) is 4. The van der Waals surface area contributed by atoms with Crippen molar-refractivity contribution in [2.24, 2.45) is 0 Å². The van der Waals surface area contributed by atoms with Gasteiger partial charge in [-0.3, -0.25) is 33.7 Å². The van der Waals surface area contributed by atoms with E-state index < -0.39 is 9.84 Å². The minimum Gasteiger partial charge on any atom is -0.300 e. The highest BCUT2D eigenvalue weighted by atomic mass is 79.9. The Morgan fingerprint density at radius 2 is 1.33 bits per heavy atom. The summed E-state index contributed by atoms with van der Waals surface area (Å²) in [5.41, 5.74) is 0. The fourth-order valence-electron chi connectivity index (χ4n) is 1.16. The lowest BCUT2D eigenvalue weighted by Crippen LogP contribution is -2.24. The molecule has 1 aliphatic rings. The number of carbonyl (C=O) groups excluding carboxylic acids is 7. The minimum absolute atomic E-state index is 0.0185. The third-order valence-electron chi connectivity index (χ3n) is 4.20. The highest BCUT2D eigenvalue weighted by Gasteiger charge is 2.17. The van der Waals surface area contributed by atoms with Crippen molar-refractivity contribution >= 4 is 99.7 Å². The van der Waals surface area contributed by atoms with E-state index in [1.807, 2.05) is 25.1 Å². The standard InChI is InChI=1S/C9H11NOS2.C5H5NO2.C4H5BrO.C4H5ClO.C4H8O.C4H6O.C3H6O2S/c1-8(11)5-7-12-13-9-4-2-3-6-10-9;1-6-4(7)2-3-5(6)8;2*1-3(5)4(2)6;2*1-3-4(2)5;1-3-6(2,4)5/h2-4,6H,5,7H2,1H3;2-3H,1H3;2*1H2,2H3;3H2,1-2H3;3H,1H2,2H3;3H,1H2,2H3. The number of halogens is 2. The van der Waals surface area contributed by atoms with Crippen LogP contribution in [0.2, 0.25) is 0 Å². The molecule has 0 aromatic carbocycles. The van der Waals surface area contributed by atoms with Gasteiger partial charge in [0.2, 0.25) is 0 Å². The molecular weight excluding hydrogens is 780 g/mol. The van der Waals surface area contributed by atoms with Crippen LogP contribution in [0.1, 0.15) is 54.4 Å². The van der Waals surface area contributed by atoms with Crippen LogP contribution in [0.25, 0.3) is 0 Å². The molecule has 49 heavy (non-hydrogen) atoms. The second-order valence-corrected chi connectivity index (χ2v) is 14.7. The molecular formula is C33H46BrClN2O9S3. The number of amides is 2. The van der Waals surface area contributed by atoms with Crippen molar-refractivity contribution in [2.45, 2.75) is 59.4 Å². The summed E-state index contributed by atoms with van der Waals surface area (Å²) in [6.45, 7) is 22.1. The Hall–Kier alpha value is -3.24. The maximum atomic E-state index is 10.6. The average molecular weight is 826 g/mol. The molecule has 1 aliphatic heterocycles. The highest BCUT2D eigenvalue weighted by molar-refractivity contribution is 9.12. The second-order valence-electron chi connectivity index (χ2n) is 8.88. The molecule has 0 radical (unpaired) electrons. The van der Waals surface area contributed by atoms with E-state index in [-0.39, 0.29) is 45.8 Å². The van der Waals surface area contributed by atoms with Gasteiger partial charge < -0.3 is 4.79 Å². The molecule has 0 N–H and O–H groups in total. The Morgan fingerprint density at radius 1 is 0.939 bits per heavy atom. The zero-order chi connectivity index (χ0) is 39.8. The van der Waals surface area contributed by atoms with Gasteiger partial charge in [-0.15, -0.1) is 0 Å². The number of aromatic nitrogens is 1. The van der Waals surface area contributed by atoms with Crippen LogP contribution in [0.3, 0.4) is 0 Å². The van der Waals surface area contributed by atoms with Gasteiger partial charge in [-0.2, -0.15) is 0 Å². The number of pyridine rings is 1. The fraction of sp³-hybridized carbons (Fsp3) is 0.333. The third kappa shape index (κ3) is 51.8. The van der Waals surface area contributed by atoms with Crippen molar-refractivity contribution in [2.75, 3.05) is 19.1 Å². The molecule has 1 aromatic heterocycles. The molecule has 0 fully saturated rings. The number of hydrogen-bond donors (Lipinski definition) is 0. The third-order valence-corrected chi connectivity index (χ3v) is 7.90. The smallest absolute Gasteiger partial charge is 0.253 e. The summed E-state index contributed by atoms with van der Waals surface area (Å²) >= 11 is 7.96. The van der Waals surface area contributed by atoms with E-state index in [0.29, 0.717) is 17.3 Å². The number of ketones is 5. The summed E-state index contributed by atoms with van der Waals surface area (Å²) in [5, 5.41) is 2.00. The van der Waals surface area contributed by atoms with Gasteiger partial charge in [-0.25, -0.2) is 13.4 Å². The summed E-state index contributed by atoms with van der Waals surface area (Å²) < 4.78 is 20.2. The summed E-state index contributed by atoms with van der Waals surface area (Å²) in [6, 6.07) is 5.82. The van der Waals surface area contributed by atoms with Crippen molar-refractivity contribution in [3.63, 3.8) is 0 Å². The van der Waals surface area contributed by atoms with Gasteiger partial charge in [0, 0.05) is 62.6 Å². The summed E-state index contributed by atoms with van der Waals surface area (Å²) in [4.78, 5) is 76.0. The van der Waals surface area contributed by atoms with Gasteiger partial charge >= 0.3 is 0 Å². The number of nitrogens with zero attached hydrogens (tertiary/aromatic N) is 2. The number of rotatable bonds is 10. The first-order valence-electron chi connectivity index (χ1n) is 13.7. The zero-order valence-electron chi connectivity index (χ0n) is 29.1. The largest absolute Gasteiger partial charge is 0.300 e. The molecule has 0 saturated heterocycles. The van der Waals surface area contributed by atoms with Crippen molar-refractivity contribution in [3.8, 4) is 0 Å². The first kappa shape index (κ1) is 55.2. The van der Waals surface area contributed by atoms with E-state index in [1.54, 1.807) is 41.6 Å². The van der Waals surface area contributed by atoms with Crippen molar-refractivity contribution in [1.29, 1.82) is 0 Å². The molecule has 11 nitrogen and oxygen atoms in total. The summed E-state index contributed by atoms with van der Waals surface area (Å²) in [7, 11) is 1.83. The predicted octanol–water partition coefficient (Wildman–Crippen LogP) is 7.08. The molecule has 274 valence electrons. The van der Waals surface area contributed by atoms with Crippen LogP contribution in [0, 0.1) is 0 Å². The van der Waals surface area contributed by atoms with Gasteiger partial charge in [0.1, 0.15) is 16.6 Å². The molecule has 0 atom stereocenters. The Morgan fingerprint density at radius 3 is 1.51 bits per heavy atom. The van der Waals surface area contributed by atoms with Crippen LogP contribution in [0.4, 0.5) is 0 Å². The number of likely N-dealkylation sites (N-methyl/N-ethyl adjacent to an activating group) is 1. The van der Waals surface area contributed by atoms with Crippen LogP contribution in [0.5, 0.6) is 0 Å². The summed E-state index contributed by atoms with van der Waals surface area (Å²) in [6.07, 6.45) is 7.96. The van der Waals surface area contributed by atoms with Crippen LogP contribution in [-0.4, -0.2) is 78.1 Å². The van der Waals surface area contributed by atoms with E-state index in [4.69, 9.17) is 11.6 Å². The van der Waals surface area contributed by atoms with Crippen molar-refractivity contribution in [3.05, 3.63) is 83.9 Å². The molecule has 2 heterocycles. The van der Waals surface area contributed by atoms with Crippen LogP contribution >= 0.6 is 49.1 Å². The number of sulfone groups is 1. The monoisotopic (exact) mass is 824 g/mol. The molecule has 16 heteroatoms. The Labute approximate surface area is 312 Å². The van der Waals surface area contributed by atoms with Gasteiger partial charge in [-0.1, -0.05) is 61.7 Å². The van der Waals surface area contributed by atoms with E-state index in [0.717, 1.165) is 27.3 Å². The lowest BCUT2D eigenvalue weighted by Gasteiger charge is -2.01. The van der Waals surface area contributed by atoms with Gasteiger partial charge in [-0.05, 0) is 72.6 Å². The van der Waals surface area contributed by atoms with Gasteiger partial charge in [0.15, 0.2) is 27.2 Å². The van der Waals surface area contributed by atoms with Gasteiger partial charge in [0.25, 0.3) is 11.8 Å². The maximum Gasteiger partial charge on any atom is 0.253 e. The van der Waals surface area contributed by atoms with Crippen molar-refractivity contribution in [1.82, 2.24) is 9.88 Å². The first-order chi connectivity index (χ1) is 22.4. The number of imide groups is 1. The lowest BCUT2D eigenvalue weighted by atomic mass is 10.4. The molecule has 0 bridgehead atoms. The quantitative estimate of drug-likeness (QED) is 0.102. The van der Waals surface area contributed by atoms with E-state index in [1.165, 1.54) is 46.0 Å². The van der Waals surface area contributed by atoms with Crippen LogP contribution in [0.15, 0.2) is 88.9 Å². The van der Waals surface area contributed by atoms with Crippen LogP contribution < -0.4 is 0 Å². The number of carbonyl (C=O) groups is 7. The predicted molar refractivity (Wildman–Crippen MR) is 206 cm³/mol. The molecule has 0 unspecified atom stereocenters. The lowest BCUT2D eigenvalue weighted by molar-refractivity contribution is -0.135. The van der Waals surface area contributed by atoms with Gasteiger partial charge in [0.05, 0.1) is 9.51 Å². The maximum absolute atomic E-state index is 10.6. The molecule has 2 rings (SSSR count). The zero-order valence-corrected chi connectivity index (χ0v) is 33.9. The summed E-state index contributed by atoms with van der Waals surface area (Å²) in [5.74, 6) is 0.706. The number of hydrogen-bond acceptors (Lipinski definition) is 12. The average Bonchev–Trinajstić information content (AvgIpc) is 3.31. The Bertz CT molecular complexity index is 1340. The molecule has 0 saturated carbocycles. The second kappa shape index (κ2) is 34.6. The SMILES string of the molecule is C=C(Br)C(C)=O.C=C(Cl)C(C)=O.C=CC(C)=O.C=CS(C)(=O)=O.CC(=O)CCSSc1ccccn1.CCC(C)=O.CN1C(=O)C=CC1=O. The van der Waals surface area contributed by atoms with E-state index >= 15 is 0 Å². The Kier molecular flexibility index (Phi) is 39.0. The molecule has 0 aliphatic carbocycles. The molecule has 1 aromatic rings. The van der Waals surface area contributed by atoms with Crippen LogP contribution in [-0.2, 0) is 43.4 Å². The molecule has 2 amide bonds. The number of allylic oxidation sites excluding steroid dienone is 3. The van der Waals surface area contributed by atoms with Crippen molar-refractivity contribution < 1.29 is 42.0 Å². The topological polar surface area (TPSA) is 170 Å². The van der Waals surface area contributed by atoms with E-state index in [2.05, 4.69) is 47.2 Å². The fourth-order valence-corrected chi connectivity index (χ4v) is 3.13. The Balaban J connectivity index is -0.000000159. The normalized spacial score (nSPS) is 10.3. The van der Waals surface area contributed by atoms with E-state index in [9.17, 15) is 42.0 Å². The minimum atomic E-state index is -2.90. The first-order valence-corrected chi connectivity index (χ1v) is 19.2.